The van der Waals surface area contributed by atoms with E-state index in [2.05, 4.69) is 10.2 Å². The Morgan fingerprint density at radius 1 is 1.18 bits per heavy atom. The molecule has 0 amide bonds. The fourth-order valence-corrected chi connectivity index (χ4v) is 2.84. The second kappa shape index (κ2) is 4.68. The van der Waals surface area contributed by atoms with Gasteiger partial charge >= 0.3 is 5.56 Å². The molecule has 0 bridgehead atoms. The zero-order valence-electron chi connectivity index (χ0n) is 11.7. The number of aromatic nitrogens is 4. The highest BCUT2D eigenvalue weighted by Crippen LogP contribution is 2.14. The summed E-state index contributed by atoms with van der Waals surface area (Å²) < 4.78 is 3.24. The first-order valence-electron chi connectivity index (χ1n) is 6.83. The summed E-state index contributed by atoms with van der Waals surface area (Å²) in [5.41, 5.74) is 3.42. The van der Waals surface area contributed by atoms with E-state index in [9.17, 15) is 4.79 Å². The number of rotatable bonds is 1. The molecule has 0 radical (unpaired) electrons. The zero-order chi connectivity index (χ0) is 15.3. The maximum Gasteiger partial charge on any atom is 0.408 e. The highest BCUT2D eigenvalue weighted by molar-refractivity contribution is 6.30. The van der Waals surface area contributed by atoms with Gasteiger partial charge in [0, 0.05) is 11.1 Å². The molecule has 6 heteroatoms. The number of aromatic amines is 1. The second-order valence-corrected chi connectivity index (χ2v) is 5.53. The van der Waals surface area contributed by atoms with E-state index in [1.807, 2.05) is 43.3 Å². The number of benzene rings is 2. The summed E-state index contributed by atoms with van der Waals surface area (Å²) in [4.78, 5) is 17.2. The van der Waals surface area contributed by atoms with Crippen molar-refractivity contribution >= 4 is 28.2 Å². The van der Waals surface area contributed by atoms with Crippen LogP contribution in [0.1, 0.15) is 5.69 Å². The number of aryl methyl sites for hydroxylation is 1. The van der Waals surface area contributed by atoms with E-state index in [0.29, 0.717) is 21.9 Å². The average molecular weight is 312 g/mol. The van der Waals surface area contributed by atoms with Crippen molar-refractivity contribution in [2.24, 2.45) is 0 Å². The number of fused-ring (bicyclic) bond motifs is 3. The van der Waals surface area contributed by atoms with Crippen molar-refractivity contribution in [2.75, 3.05) is 0 Å². The number of nitrogens with one attached hydrogen (secondary N) is 1. The number of halogens is 1. The third kappa shape index (κ3) is 1.83. The Morgan fingerprint density at radius 2 is 2.00 bits per heavy atom. The molecule has 0 unspecified atom stereocenters. The van der Waals surface area contributed by atoms with Gasteiger partial charge in [-0.1, -0.05) is 39.7 Å². The van der Waals surface area contributed by atoms with Crippen molar-refractivity contribution in [2.45, 2.75) is 6.92 Å². The maximum absolute atomic E-state index is 12.7. The quantitative estimate of drug-likeness (QED) is 0.549. The monoisotopic (exact) mass is 311 g/mol. The van der Waals surface area contributed by atoms with Crippen LogP contribution >= 0.6 is 11.6 Å². The van der Waals surface area contributed by atoms with Crippen molar-refractivity contribution in [1.29, 1.82) is 0 Å². The zero-order valence-corrected chi connectivity index (χ0v) is 12.5. The van der Waals surface area contributed by atoms with Gasteiger partial charge in [0.2, 0.25) is 0 Å². The van der Waals surface area contributed by atoms with Gasteiger partial charge in [-0.25, -0.2) is 9.78 Å². The molecule has 0 spiro atoms. The van der Waals surface area contributed by atoms with Gasteiger partial charge < -0.3 is 0 Å². The van der Waals surface area contributed by atoms with Gasteiger partial charge in [-0.05, 0) is 31.2 Å². The van der Waals surface area contributed by atoms with Crippen LogP contribution in [0.4, 0.5) is 0 Å². The molecule has 4 aromatic rings. The number of hydrogen-bond donors (Lipinski definition) is 1. The van der Waals surface area contributed by atoms with Crippen LogP contribution in [-0.2, 0) is 0 Å². The predicted molar refractivity (Wildman–Crippen MR) is 84.6 cm³/mol. The molecule has 2 aromatic carbocycles. The van der Waals surface area contributed by atoms with Crippen LogP contribution in [0.2, 0.25) is 5.02 Å². The topological polar surface area (TPSA) is 54.8 Å². The minimum Gasteiger partial charge on any atom is -0.244 e. The van der Waals surface area contributed by atoms with E-state index in [-0.39, 0.29) is 5.56 Å². The summed E-state index contributed by atoms with van der Waals surface area (Å²) >= 11 is 6.02. The smallest absolute Gasteiger partial charge is 0.244 e. The lowest BCUT2D eigenvalue weighted by Crippen LogP contribution is -2.27. The molecule has 0 saturated heterocycles. The van der Waals surface area contributed by atoms with Crippen LogP contribution in [0.5, 0.6) is 0 Å². The molecule has 0 aliphatic heterocycles. The summed E-state index contributed by atoms with van der Waals surface area (Å²) in [6, 6.07) is 14.8. The Hall–Kier alpha value is -2.66. The van der Waals surface area contributed by atoms with Gasteiger partial charge in [-0.15, -0.1) is 4.52 Å². The molecule has 0 saturated carbocycles. The van der Waals surface area contributed by atoms with Gasteiger partial charge in [-0.2, -0.15) is 0 Å². The van der Waals surface area contributed by atoms with Crippen LogP contribution in [0.3, 0.4) is 0 Å². The summed E-state index contributed by atoms with van der Waals surface area (Å²) in [7, 11) is 0. The van der Waals surface area contributed by atoms with E-state index in [4.69, 9.17) is 11.6 Å². The van der Waals surface area contributed by atoms with Crippen LogP contribution in [0.15, 0.2) is 53.3 Å². The third-order valence-corrected chi connectivity index (χ3v) is 3.88. The molecule has 0 aliphatic rings. The highest BCUT2D eigenvalue weighted by Gasteiger charge is 2.22. The third-order valence-electron chi connectivity index (χ3n) is 3.65. The fourth-order valence-electron chi connectivity index (χ4n) is 2.66. The average Bonchev–Trinajstić information content (AvgIpc) is 2.86. The lowest BCUT2D eigenvalue weighted by Gasteiger charge is -1.96. The summed E-state index contributed by atoms with van der Waals surface area (Å²) in [6.07, 6.45) is 0. The molecule has 0 atom stereocenters. The summed E-state index contributed by atoms with van der Waals surface area (Å²) in [6.45, 7) is 1.83. The molecule has 22 heavy (non-hydrogen) atoms. The number of H-pyrrole nitrogens is 1. The lowest BCUT2D eigenvalue weighted by atomic mass is 10.2. The van der Waals surface area contributed by atoms with Crippen molar-refractivity contribution in [3.63, 3.8) is 0 Å². The van der Waals surface area contributed by atoms with Crippen LogP contribution in [0, 0.1) is 6.92 Å². The number of hydrogen-bond acceptors (Lipinski definition) is 2. The van der Waals surface area contributed by atoms with Gasteiger partial charge in [-0.3, -0.25) is 0 Å². The second-order valence-electron chi connectivity index (χ2n) is 5.09. The molecule has 0 fully saturated rings. The predicted octanol–water partition coefficient (Wildman–Crippen LogP) is 2.41. The highest BCUT2D eigenvalue weighted by atomic mass is 35.5. The van der Waals surface area contributed by atoms with Gasteiger partial charge in [0.1, 0.15) is 5.52 Å². The maximum atomic E-state index is 12.7. The van der Waals surface area contributed by atoms with Crippen molar-refractivity contribution in [3.8, 4) is 5.69 Å². The summed E-state index contributed by atoms with van der Waals surface area (Å²) in [5.74, 6) is 0. The standard InChI is InChI=1S/C16H11ClN4O/c1-10-15-16(22)20(12-6-4-5-11(17)9-12)19-21(15)14-8-3-2-7-13(14)18-10/h2-9H,1H3/p+1. The molecular formula is C16H12ClN4O+. The van der Waals surface area contributed by atoms with E-state index in [1.54, 1.807) is 16.6 Å². The van der Waals surface area contributed by atoms with E-state index >= 15 is 0 Å². The van der Waals surface area contributed by atoms with Gasteiger partial charge in [0.25, 0.3) is 5.52 Å². The Morgan fingerprint density at radius 3 is 2.82 bits per heavy atom. The molecule has 2 aromatic heterocycles. The van der Waals surface area contributed by atoms with E-state index in [1.165, 1.54) is 4.68 Å². The van der Waals surface area contributed by atoms with Crippen molar-refractivity contribution < 1.29 is 4.52 Å². The molecule has 108 valence electrons. The van der Waals surface area contributed by atoms with Gasteiger partial charge in [0.05, 0.1) is 5.69 Å². The van der Waals surface area contributed by atoms with E-state index in [0.717, 1.165) is 11.0 Å². The minimum absolute atomic E-state index is 0.155. The van der Waals surface area contributed by atoms with Gasteiger partial charge in [0.15, 0.2) is 11.2 Å². The fraction of sp³-hybridized carbons (Fsp3) is 0.0625. The first-order chi connectivity index (χ1) is 10.6. The molecular weight excluding hydrogens is 300 g/mol. The SMILES string of the molecule is Cc1nc2ccccc2[n+]2[nH]n(-c3cccc(Cl)c3)c(=O)c12. The molecule has 2 heterocycles. The van der Waals surface area contributed by atoms with Crippen LogP contribution < -0.4 is 10.1 Å². The van der Waals surface area contributed by atoms with E-state index < -0.39 is 0 Å². The van der Waals surface area contributed by atoms with Crippen molar-refractivity contribution in [3.05, 3.63) is 69.6 Å². The number of nitrogens with zero attached hydrogens (tertiary/aromatic N) is 3. The minimum atomic E-state index is -0.155. The molecule has 4 rings (SSSR count). The number of para-hydroxylation sites is 2. The first kappa shape index (κ1) is 13.0. The largest absolute Gasteiger partial charge is 0.408 e. The molecule has 0 aliphatic carbocycles. The molecule has 5 nitrogen and oxygen atoms in total. The van der Waals surface area contributed by atoms with Crippen molar-refractivity contribution in [1.82, 2.24) is 14.9 Å². The Labute approximate surface area is 130 Å². The first-order valence-corrected chi connectivity index (χ1v) is 7.21. The Balaban J connectivity index is 2.15. The summed E-state index contributed by atoms with van der Waals surface area (Å²) in [5, 5.41) is 3.69. The van der Waals surface area contributed by atoms with Crippen LogP contribution in [0.25, 0.3) is 22.2 Å². The lowest BCUT2D eigenvalue weighted by molar-refractivity contribution is -0.556. The molecule has 1 N–H and O–H groups in total. The normalized spacial score (nSPS) is 11.4. The van der Waals surface area contributed by atoms with Crippen LogP contribution in [-0.4, -0.2) is 14.9 Å². The Kier molecular flexibility index (Phi) is 2.77. The Bertz CT molecular complexity index is 1080.